The number of carbonyl (C=O) groups excluding carboxylic acids is 1. The van der Waals surface area contributed by atoms with Crippen molar-refractivity contribution in [3.63, 3.8) is 0 Å². The number of hydrogen-bond donors (Lipinski definition) is 3. The number of hydrogen-bond acceptors (Lipinski definition) is 5. The SMILES string of the molecule is CCCC(CC(=O)O)NC(=O)Nc1nc(C)ns1. The third-order valence-electron chi connectivity index (χ3n) is 2.14. The average Bonchev–Trinajstić information content (AvgIpc) is 2.62. The normalized spacial score (nSPS) is 11.9. The number of carboxylic acids is 1. The maximum absolute atomic E-state index is 11.6. The molecule has 8 heteroatoms. The molecule has 1 heterocycles. The van der Waals surface area contributed by atoms with Crippen molar-refractivity contribution in [2.24, 2.45) is 0 Å². The lowest BCUT2D eigenvalue weighted by Crippen LogP contribution is -2.39. The summed E-state index contributed by atoms with van der Waals surface area (Å²) in [6.07, 6.45) is 1.33. The molecule has 0 saturated heterocycles. The summed E-state index contributed by atoms with van der Waals surface area (Å²) in [5, 5.41) is 14.3. The molecular weight excluding hydrogens is 256 g/mol. The van der Waals surface area contributed by atoms with Crippen molar-refractivity contribution < 1.29 is 14.7 Å². The Balaban J connectivity index is 2.47. The predicted octanol–water partition coefficient (Wildman–Crippen LogP) is 1.61. The first-order chi connectivity index (χ1) is 8.51. The van der Waals surface area contributed by atoms with Gasteiger partial charge in [-0.3, -0.25) is 10.1 Å². The van der Waals surface area contributed by atoms with Crippen LogP contribution in [0.15, 0.2) is 0 Å². The molecule has 18 heavy (non-hydrogen) atoms. The highest BCUT2D eigenvalue weighted by molar-refractivity contribution is 7.09. The van der Waals surface area contributed by atoms with Crippen LogP contribution in [-0.4, -0.2) is 32.5 Å². The topological polar surface area (TPSA) is 104 Å². The van der Waals surface area contributed by atoms with Crippen molar-refractivity contribution in [1.29, 1.82) is 0 Å². The second-order valence-corrected chi connectivity index (χ2v) is 4.58. The van der Waals surface area contributed by atoms with Crippen LogP contribution in [0.2, 0.25) is 0 Å². The number of carboxylic acid groups (broad SMARTS) is 1. The molecule has 0 aliphatic rings. The lowest BCUT2D eigenvalue weighted by molar-refractivity contribution is -0.137. The van der Waals surface area contributed by atoms with Crippen molar-refractivity contribution in [3.05, 3.63) is 5.82 Å². The van der Waals surface area contributed by atoms with Crippen molar-refractivity contribution >= 4 is 28.7 Å². The fourth-order valence-electron chi connectivity index (χ4n) is 1.45. The third-order valence-corrected chi connectivity index (χ3v) is 2.86. The lowest BCUT2D eigenvalue weighted by atomic mass is 10.1. The predicted molar refractivity (Wildman–Crippen MR) is 67.7 cm³/mol. The monoisotopic (exact) mass is 272 g/mol. The van der Waals surface area contributed by atoms with E-state index < -0.39 is 12.0 Å². The summed E-state index contributed by atoms with van der Waals surface area (Å²) in [4.78, 5) is 26.2. The van der Waals surface area contributed by atoms with E-state index in [1.54, 1.807) is 6.92 Å². The molecule has 1 atom stereocenters. The number of aromatic nitrogens is 2. The molecule has 0 bridgehead atoms. The maximum atomic E-state index is 11.6. The van der Waals surface area contributed by atoms with E-state index in [1.165, 1.54) is 0 Å². The van der Waals surface area contributed by atoms with E-state index in [4.69, 9.17) is 5.11 Å². The molecule has 1 rings (SSSR count). The molecule has 100 valence electrons. The number of amides is 2. The Morgan fingerprint density at radius 2 is 2.22 bits per heavy atom. The fourth-order valence-corrected chi connectivity index (χ4v) is 2.02. The summed E-state index contributed by atoms with van der Waals surface area (Å²) < 4.78 is 3.93. The van der Waals surface area contributed by atoms with Gasteiger partial charge in [0.05, 0.1) is 6.42 Å². The Bertz CT molecular complexity index is 421. The molecule has 0 saturated carbocycles. The first-order valence-corrected chi connectivity index (χ1v) is 6.38. The molecule has 0 fully saturated rings. The second-order valence-electron chi connectivity index (χ2n) is 3.83. The first kappa shape index (κ1) is 14.4. The quantitative estimate of drug-likeness (QED) is 0.729. The van der Waals surface area contributed by atoms with Crippen molar-refractivity contribution in [1.82, 2.24) is 14.7 Å². The Kier molecular flexibility index (Phi) is 5.50. The zero-order chi connectivity index (χ0) is 13.5. The standard InChI is InChI=1S/C10H16N4O3S/c1-3-4-7(5-8(15)16)12-9(17)13-10-11-6(2)14-18-10/h7H,3-5H2,1-2H3,(H,15,16)(H2,11,12,13,14,17). The van der Waals surface area contributed by atoms with E-state index >= 15 is 0 Å². The first-order valence-electron chi connectivity index (χ1n) is 5.61. The average molecular weight is 272 g/mol. The zero-order valence-electron chi connectivity index (χ0n) is 10.3. The molecular formula is C10H16N4O3S. The van der Waals surface area contributed by atoms with Gasteiger partial charge in [-0.15, -0.1) is 0 Å². The molecule has 0 spiro atoms. The van der Waals surface area contributed by atoms with Gasteiger partial charge in [0.25, 0.3) is 0 Å². The number of rotatable bonds is 6. The fraction of sp³-hybridized carbons (Fsp3) is 0.600. The van der Waals surface area contributed by atoms with Crippen LogP contribution >= 0.6 is 11.5 Å². The minimum absolute atomic E-state index is 0.0869. The van der Waals surface area contributed by atoms with Crippen LogP contribution in [0.4, 0.5) is 9.93 Å². The van der Waals surface area contributed by atoms with Crippen molar-refractivity contribution in [2.45, 2.75) is 39.2 Å². The lowest BCUT2D eigenvalue weighted by Gasteiger charge is -2.15. The maximum Gasteiger partial charge on any atom is 0.321 e. The number of nitrogens with zero attached hydrogens (tertiary/aromatic N) is 2. The van der Waals surface area contributed by atoms with Gasteiger partial charge >= 0.3 is 12.0 Å². The van der Waals surface area contributed by atoms with Crippen LogP contribution in [-0.2, 0) is 4.79 Å². The second kappa shape index (κ2) is 6.90. The highest BCUT2D eigenvalue weighted by Crippen LogP contribution is 2.10. The van der Waals surface area contributed by atoms with E-state index in [2.05, 4.69) is 20.0 Å². The number of carbonyl (C=O) groups is 2. The molecule has 1 aromatic rings. The van der Waals surface area contributed by atoms with Crippen LogP contribution in [0.5, 0.6) is 0 Å². The number of anilines is 1. The van der Waals surface area contributed by atoms with E-state index in [9.17, 15) is 9.59 Å². The molecule has 0 radical (unpaired) electrons. The molecule has 2 amide bonds. The van der Waals surface area contributed by atoms with Crippen molar-refractivity contribution in [3.8, 4) is 0 Å². The van der Waals surface area contributed by atoms with E-state index in [1.807, 2.05) is 6.92 Å². The van der Waals surface area contributed by atoms with E-state index in [0.29, 0.717) is 17.4 Å². The summed E-state index contributed by atoms with van der Waals surface area (Å²) in [6, 6.07) is -0.827. The van der Waals surface area contributed by atoms with E-state index in [-0.39, 0.29) is 12.5 Å². The van der Waals surface area contributed by atoms with Crippen LogP contribution in [0.25, 0.3) is 0 Å². The van der Waals surface area contributed by atoms with Gasteiger partial charge in [-0.2, -0.15) is 4.37 Å². The Labute approximate surface area is 109 Å². The van der Waals surface area contributed by atoms with Crippen LogP contribution in [0, 0.1) is 6.92 Å². The molecule has 1 aromatic heterocycles. The number of aliphatic carboxylic acids is 1. The van der Waals surface area contributed by atoms with Gasteiger partial charge in [0.1, 0.15) is 5.82 Å². The minimum atomic E-state index is -0.930. The van der Waals surface area contributed by atoms with Gasteiger partial charge in [-0.25, -0.2) is 9.78 Å². The number of aryl methyl sites for hydroxylation is 1. The summed E-state index contributed by atoms with van der Waals surface area (Å²) >= 11 is 1.08. The molecule has 0 aliphatic heterocycles. The highest BCUT2D eigenvalue weighted by Gasteiger charge is 2.15. The van der Waals surface area contributed by atoms with Gasteiger partial charge in [0.2, 0.25) is 5.13 Å². The van der Waals surface area contributed by atoms with Gasteiger partial charge in [0, 0.05) is 17.6 Å². The van der Waals surface area contributed by atoms with Crippen LogP contribution in [0.3, 0.4) is 0 Å². The highest BCUT2D eigenvalue weighted by atomic mass is 32.1. The summed E-state index contributed by atoms with van der Waals surface area (Å²) in [7, 11) is 0. The molecule has 0 aromatic carbocycles. The van der Waals surface area contributed by atoms with Gasteiger partial charge in [-0.1, -0.05) is 13.3 Å². The Hall–Kier alpha value is -1.70. The molecule has 7 nitrogen and oxygen atoms in total. The number of nitrogens with one attached hydrogen (secondary N) is 2. The van der Waals surface area contributed by atoms with Crippen molar-refractivity contribution in [2.75, 3.05) is 5.32 Å². The molecule has 3 N–H and O–H groups in total. The van der Waals surface area contributed by atoms with Gasteiger partial charge < -0.3 is 10.4 Å². The molecule has 0 aliphatic carbocycles. The van der Waals surface area contributed by atoms with Gasteiger partial charge in [-0.05, 0) is 13.3 Å². The van der Waals surface area contributed by atoms with E-state index in [0.717, 1.165) is 18.0 Å². The largest absolute Gasteiger partial charge is 0.481 e. The number of urea groups is 1. The third kappa shape index (κ3) is 5.09. The van der Waals surface area contributed by atoms with Crippen LogP contribution in [0.1, 0.15) is 32.0 Å². The summed E-state index contributed by atoms with van der Waals surface area (Å²) in [5.74, 6) is -0.341. The summed E-state index contributed by atoms with van der Waals surface area (Å²) in [6.45, 7) is 3.66. The summed E-state index contributed by atoms with van der Waals surface area (Å²) in [5.41, 5.74) is 0. The molecule has 1 unspecified atom stereocenters. The Morgan fingerprint density at radius 1 is 1.50 bits per heavy atom. The zero-order valence-corrected chi connectivity index (χ0v) is 11.1. The smallest absolute Gasteiger partial charge is 0.321 e. The minimum Gasteiger partial charge on any atom is -0.481 e. The van der Waals surface area contributed by atoms with Crippen LogP contribution < -0.4 is 10.6 Å². The van der Waals surface area contributed by atoms with Gasteiger partial charge in [0.15, 0.2) is 0 Å². The Morgan fingerprint density at radius 3 is 2.72 bits per heavy atom.